The van der Waals surface area contributed by atoms with Gasteiger partial charge in [-0.05, 0) is 38.1 Å². The first-order chi connectivity index (χ1) is 9.17. The summed E-state index contributed by atoms with van der Waals surface area (Å²) in [7, 11) is 0. The summed E-state index contributed by atoms with van der Waals surface area (Å²) in [6.07, 6.45) is 4.62. The zero-order valence-corrected chi connectivity index (χ0v) is 12.2. The van der Waals surface area contributed by atoms with E-state index in [1.165, 1.54) is 0 Å². The van der Waals surface area contributed by atoms with Crippen LogP contribution in [0.3, 0.4) is 0 Å². The predicted octanol–water partition coefficient (Wildman–Crippen LogP) is 3.35. The molecule has 1 aromatic carbocycles. The number of ketones is 1. The number of carbonyl (C=O) groups is 1. The molecule has 0 amide bonds. The van der Waals surface area contributed by atoms with Crippen LogP contribution in [0, 0.1) is 0 Å². The smallest absolute Gasteiger partial charge is 0.176 e. The van der Waals surface area contributed by atoms with Gasteiger partial charge in [-0.3, -0.25) is 9.69 Å². The number of nitrogens with zero attached hydrogens (tertiary/aromatic N) is 1. The molecule has 3 heteroatoms. The fourth-order valence-electron chi connectivity index (χ4n) is 2.04. The minimum Gasteiger partial charge on any atom is -0.399 e. The summed E-state index contributed by atoms with van der Waals surface area (Å²) in [5.41, 5.74) is 7.09. The summed E-state index contributed by atoms with van der Waals surface area (Å²) in [5.74, 6) is 0.166. The van der Waals surface area contributed by atoms with Crippen molar-refractivity contribution < 1.29 is 4.79 Å². The van der Waals surface area contributed by atoms with Crippen molar-refractivity contribution in [2.45, 2.75) is 39.5 Å². The fourth-order valence-corrected chi connectivity index (χ4v) is 2.04. The third kappa shape index (κ3) is 5.88. The van der Waals surface area contributed by atoms with E-state index >= 15 is 0 Å². The van der Waals surface area contributed by atoms with E-state index < -0.39 is 0 Å². The van der Waals surface area contributed by atoms with Crippen LogP contribution >= 0.6 is 0 Å². The molecule has 0 radical (unpaired) electrons. The van der Waals surface area contributed by atoms with E-state index in [2.05, 4.69) is 18.7 Å². The Balaban J connectivity index is 2.58. The average Bonchev–Trinajstić information content (AvgIpc) is 2.41. The van der Waals surface area contributed by atoms with Gasteiger partial charge in [0.05, 0.1) is 6.54 Å². The third-order valence-electron chi connectivity index (χ3n) is 3.23. The van der Waals surface area contributed by atoms with E-state index in [0.29, 0.717) is 12.2 Å². The fraction of sp³-hybridized carbons (Fsp3) is 0.562. The second-order valence-corrected chi connectivity index (χ2v) is 5.03. The average molecular weight is 262 g/mol. The highest BCUT2D eigenvalue weighted by Crippen LogP contribution is 2.09. The number of Topliss-reactive ketones (excluding diaryl/α,β-unsaturated/α-hetero) is 1. The Labute approximate surface area is 116 Å². The van der Waals surface area contributed by atoms with Gasteiger partial charge in [-0.1, -0.05) is 38.8 Å². The molecule has 1 rings (SSSR count). The van der Waals surface area contributed by atoms with Gasteiger partial charge in [-0.15, -0.1) is 0 Å². The van der Waals surface area contributed by atoms with E-state index in [4.69, 9.17) is 5.73 Å². The van der Waals surface area contributed by atoms with E-state index in [1.54, 1.807) is 6.07 Å². The standard InChI is InChI=1S/C16H26N2O/c1-3-5-10-18(11-6-4-2)13-16(19)14-8-7-9-15(17)12-14/h7-9,12H,3-6,10-11,13,17H2,1-2H3. The Bertz CT molecular complexity index is 382. The van der Waals surface area contributed by atoms with Crippen LogP contribution in [0.1, 0.15) is 49.9 Å². The lowest BCUT2D eigenvalue weighted by Gasteiger charge is -2.21. The number of benzene rings is 1. The zero-order valence-electron chi connectivity index (χ0n) is 12.2. The second-order valence-electron chi connectivity index (χ2n) is 5.03. The lowest BCUT2D eigenvalue weighted by Crippen LogP contribution is -2.31. The molecule has 0 atom stereocenters. The Kier molecular flexibility index (Phi) is 7.19. The zero-order chi connectivity index (χ0) is 14.1. The van der Waals surface area contributed by atoms with Gasteiger partial charge in [0.1, 0.15) is 0 Å². The lowest BCUT2D eigenvalue weighted by molar-refractivity contribution is 0.0928. The number of hydrogen-bond donors (Lipinski definition) is 1. The van der Waals surface area contributed by atoms with Crippen molar-refractivity contribution in [3.8, 4) is 0 Å². The SMILES string of the molecule is CCCCN(CCCC)CC(=O)c1cccc(N)c1. The molecular formula is C16H26N2O. The van der Waals surface area contributed by atoms with Crippen LogP contribution in [0.4, 0.5) is 5.69 Å². The van der Waals surface area contributed by atoms with Crippen LogP contribution < -0.4 is 5.73 Å². The van der Waals surface area contributed by atoms with Crippen molar-refractivity contribution in [1.82, 2.24) is 4.90 Å². The van der Waals surface area contributed by atoms with Crippen molar-refractivity contribution in [1.29, 1.82) is 0 Å². The Morgan fingerprint density at radius 1 is 1.16 bits per heavy atom. The molecule has 0 aliphatic rings. The van der Waals surface area contributed by atoms with E-state index in [9.17, 15) is 4.79 Å². The van der Waals surface area contributed by atoms with E-state index in [0.717, 1.165) is 44.3 Å². The van der Waals surface area contributed by atoms with E-state index in [-0.39, 0.29) is 5.78 Å². The molecule has 0 bridgehead atoms. The largest absolute Gasteiger partial charge is 0.399 e. The van der Waals surface area contributed by atoms with Crippen LogP contribution in [-0.4, -0.2) is 30.3 Å². The Hall–Kier alpha value is -1.35. The molecule has 2 N–H and O–H groups in total. The first-order valence-electron chi connectivity index (χ1n) is 7.28. The number of nitrogens with two attached hydrogens (primary N) is 1. The molecule has 0 saturated carbocycles. The highest BCUT2D eigenvalue weighted by atomic mass is 16.1. The first-order valence-corrected chi connectivity index (χ1v) is 7.28. The molecule has 0 aliphatic heterocycles. The molecule has 0 unspecified atom stereocenters. The molecule has 0 aliphatic carbocycles. The van der Waals surface area contributed by atoms with Crippen LogP contribution in [0.2, 0.25) is 0 Å². The lowest BCUT2D eigenvalue weighted by atomic mass is 10.1. The minimum atomic E-state index is 0.166. The number of rotatable bonds is 9. The Morgan fingerprint density at radius 2 is 1.79 bits per heavy atom. The molecule has 0 spiro atoms. The molecule has 1 aromatic rings. The first kappa shape index (κ1) is 15.7. The predicted molar refractivity (Wildman–Crippen MR) is 81.4 cm³/mol. The van der Waals surface area contributed by atoms with Crippen molar-refractivity contribution in [3.63, 3.8) is 0 Å². The quantitative estimate of drug-likeness (QED) is 0.548. The monoisotopic (exact) mass is 262 g/mol. The normalized spacial score (nSPS) is 10.9. The maximum Gasteiger partial charge on any atom is 0.176 e. The van der Waals surface area contributed by atoms with Gasteiger partial charge in [-0.2, -0.15) is 0 Å². The summed E-state index contributed by atoms with van der Waals surface area (Å²) in [6.45, 7) is 6.87. The molecule has 106 valence electrons. The third-order valence-corrected chi connectivity index (χ3v) is 3.23. The molecule has 0 fully saturated rings. The summed E-state index contributed by atoms with van der Waals surface area (Å²) >= 11 is 0. The molecule has 0 aromatic heterocycles. The topological polar surface area (TPSA) is 46.3 Å². The van der Waals surface area contributed by atoms with Gasteiger partial charge in [0.25, 0.3) is 0 Å². The van der Waals surface area contributed by atoms with Crippen LogP contribution in [-0.2, 0) is 0 Å². The van der Waals surface area contributed by atoms with Crippen molar-refractivity contribution in [2.24, 2.45) is 0 Å². The van der Waals surface area contributed by atoms with Crippen molar-refractivity contribution >= 4 is 11.5 Å². The van der Waals surface area contributed by atoms with E-state index in [1.807, 2.05) is 18.2 Å². The highest BCUT2D eigenvalue weighted by Gasteiger charge is 2.12. The van der Waals surface area contributed by atoms with Gasteiger partial charge < -0.3 is 5.73 Å². The minimum absolute atomic E-state index is 0.166. The van der Waals surface area contributed by atoms with Crippen molar-refractivity contribution in [2.75, 3.05) is 25.4 Å². The van der Waals surface area contributed by atoms with Gasteiger partial charge in [0.15, 0.2) is 5.78 Å². The number of unbranched alkanes of at least 4 members (excludes halogenated alkanes) is 2. The molecule has 0 saturated heterocycles. The number of carbonyl (C=O) groups excluding carboxylic acids is 1. The number of anilines is 1. The maximum atomic E-state index is 12.2. The second kappa shape index (κ2) is 8.70. The van der Waals surface area contributed by atoms with Gasteiger partial charge in [0.2, 0.25) is 0 Å². The van der Waals surface area contributed by atoms with Crippen LogP contribution in [0.25, 0.3) is 0 Å². The number of hydrogen-bond acceptors (Lipinski definition) is 3. The van der Waals surface area contributed by atoms with Crippen LogP contribution in [0.5, 0.6) is 0 Å². The summed E-state index contributed by atoms with van der Waals surface area (Å²) in [5, 5.41) is 0. The maximum absolute atomic E-state index is 12.2. The molecule has 19 heavy (non-hydrogen) atoms. The molecule has 3 nitrogen and oxygen atoms in total. The van der Waals surface area contributed by atoms with Gasteiger partial charge in [0, 0.05) is 11.3 Å². The highest BCUT2D eigenvalue weighted by molar-refractivity contribution is 5.98. The Morgan fingerprint density at radius 3 is 2.32 bits per heavy atom. The van der Waals surface area contributed by atoms with Crippen molar-refractivity contribution in [3.05, 3.63) is 29.8 Å². The van der Waals surface area contributed by atoms with Crippen LogP contribution in [0.15, 0.2) is 24.3 Å². The number of nitrogen functional groups attached to an aromatic ring is 1. The summed E-state index contributed by atoms with van der Waals surface area (Å²) in [6, 6.07) is 7.25. The summed E-state index contributed by atoms with van der Waals surface area (Å²) in [4.78, 5) is 14.5. The van der Waals surface area contributed by atoms with Gasteiger partial charge >= 0.3 is 0 Å². The molecule has 0 heterocycles. The molecular weight excluding hydrogens is 236 g/mol. The summed E-state index contributed by atoms with van der Waals surface area (Å²) < 4.78 is 0. The van der Waals surface area contributed by atoms with Gasteiger partial charge in [-0.25, -0.2) is 0 Å².